The number of rotatable bonds is 15. The number of aromatic nitrogens is 8. The highest BCUT2D eigenvalue weighted by molar-refractivity contribution is 7.09. The van der Waals surface area contributed by atoms with Crippen molar-refractivity contribution in [3.05, 3.63) is 118 Å². The molecule has 1 N–H and O–H groups in total. The van der Waals surface area contributed by atoms with Gasteiger partial charge in [0.2, 0.25) is 0 Å². The van der Waals surface area contributed by atoms with Crippen LogP contribution in [0.5, 0.6) is 0 Å². The van der Waals surface area contributed by atoms with Crippen molar-refractivity contribution in [1.29, 1.82) is 0 Å². The third kappa shape index (κ3) is 8.69. The van der Waals surface area contributed by atoms with E-state index in [9.17, 15) is 9.59 Å². The second-order valence-corrected chi connectivity index (χ2v) is 12.1. The van der Waals surface area contributed by atoms with E-state index >= 15 is 0 Å². The van der Waals surface area contributed by atoms with E-state index in [2.05, 4.69) is 35.5 Å². The molecule has 0 saturated heterocycles. The minimum Gasteiger partial charge on any atom is -0.456 e. The summed E-state index contributed by atoms with van der Waals surface area (Å²) in [6.45, 7) is 2.16. The molecule has 0 radical (unpaired) electrons. The van der Waals surface area contributed by atoms with Crippen molar-refractivity contribution in [2.75, 3.05) is 13.1 Å². The van der Waals surface area contributed by atoms with Gasteiger partial charge in [0, 0.05) is 30.4 Å². The number of carbonyl (C=O) groups excluding carboxylic acids is 2. The fraction of sp³-hybridized carbons (Fsp3) is 0.226. The monoisotopic (exact) mass is 670 g/mol. The number of thiazole rings is 2. The molecule has 0 spiro atoms. The van der Waals surface area contributed by atoms with Crippen LogP contribution >= 0.6 is 22.7 Å². The SMILES string of the molecule is O=C(OCc1cncs1)c1cc(-n2cncn2)ccc1CNCCCN(Cc1cncs1)C(=O)OCc1ccc(-n2cncn2)cc1. The van der Waals surface area contributed by atoms with E-state index in [1.54, 1.807) is 56.4 Å². The lowest BCUT2D eigenvalue weighted by atomic mass is 10.1. The predicted octanol–water partition coefficient (Wildman–Crippen LogP) is 4.44. The molecule has 6 aromatic rings. The van der Waals surface area contributed by atoms with Crippen LogP contribution in [0.25, 0.3) is 11.4 Å². The standard InChI is InChI=1S/C31H30N10O4S2/c42-30(44-16-28-13-34-22-47-28)29-10-26(41-20-36-18-38-41)7-4-24(29)11-32-8-1-9-39(14-27-12-33-21-46-27)31(43)45-15-23-2-5-25(6-3-23)40-19-35-17-37-40/h2-7,10,12-13,17-22,32H,1,8-9,11,14-16H2. The maximum Gasteiger partial charge on any atom is 0.410 e. The van der Waals surface area contributed by atoms with E-state index < -0.39 is 12.1 Å². The molecule has 4 aromatic heterocycles. The van der Waals surface area contributed by atoms with Gasteiger partial charge in [0.05, 0.1) is 39.4 Å². The molecule has 0 atom stereocenters. The van der Waals surface area contributed by atoms with Crippen molar-refractivity contribution in [3.8, 4) is 11.4 Å². The summed E-state index contributed by atoms with van der Waals surface area (Å²) in [5, 5.41) is 11.7. The third-order valence-corrected chi connectivity index (χ3v) is 8.51. The van der Waals surface area contributed by atoms with Gasteiger partial charge in [-0.3, -0.25) is 9.97 Å². The second kappa shape index (κ2) is 15.8. The number of esters is 1. The normalized spacial score (nSPS) is 11.0. The zero-order chi connectivity index (χ0) is 32.3. The molecule has 0 fully saturated rings. The average molecular weight is 671 g/mol. The number of ether oxygens (including phenoxy) is 2. The Morgan fingerprint density at radius 1 is 0.809 bits per heavy atom. The Labute approximate surface area is 277 Å². The van der Waals surface area contributed by atoms with Gasteiger partial charge in [-0.15, -0.1) is 22.7 Å². The number of benzene rings is 2. The molecule has 0 aliphatic carbocycles. The predicted molar refractivity (Wildman–Crippen MR) is 173 cm³/mol. The van der Waals surface area contributed by atoms with E-state index in [0.29, 0.717) is 43.9 Å². The van der Waals surface area contributed by atoms with E-state index in [-0.39, 0.29) is 13.2 Å². The van der Waals surface area contributed by atoms with Crippen molar-refractivity contribution >= 4 is 34.7 Å². The molecule has 16 heteroatoms. The molecule has 0 saturated carbocycles. The summed E-state index contributed by atoms with van der Waals surface area (Å²) in [6, 6.07) is 13.1. The highest BCUT2D eigenvalue weighted by Crippen LogP contribution is 2.18. The summed E-state index contributed by atoms with van der Waals surface area (Å²) < 4.78 is 14.5. The first-order valence-corrected chi connectivity index (χ1v) is 16.3. The highest BCUT2D eigenvalue weighted by Gasteiger charge is 2.18. The number of nitrogens with one attached hydrogen (secondary N) is 1. The maximum atomic E-state index is 13.2. The zero-order valence-corrected chi connectivity index (χ0v) is 26.7. The molecule has 240 valence electrons. The molecule has 0 aliphatic rings. The quantitative estimate of drug-likeness (QED) is 0.122. The number of carbonyl (C=O) groups is 2. The molecule has 0 bridgehead atoms. The molecule has 14 nitrogen and oxygen atoms in total. The summed E-state index contributed by atoms with van der Waals surface area (Å²) in [5.41, 5.74) is 7.06. The van der Waals surface area contributed by atoms with E-state index in [4.69, 9.17) is 9.47 Å². The van der Waals surface area contributed by atoms with Crippen molar-refractivity contribution in [1.82, 2.24) is 49.7 Å². The molecule has 47 heavy (non-hydrogen) atoms. The van der Waals surface area contributed by atoms with Crippen molar-refractivity contribution in [2.24, 2.45) is 0 Å². The summed E-state index contributed by atoms with van der Waals surface area (Å²) >= 11 is 2.91. The van der Waals surface area contributed by atoms with Gasteiger partial charge >= 0.3 is 12.1 Å². The van der Waals surface area contributed by atoms with Crippen LogP contribution < -0.4 is 5.32 Å². The van der Waals surface area contributed by atoms with Crippen LogP contribution in [0.3, 0.4) is 0 Å². The smallest absolute Gasteiger partial charge is 0.410 e. The highest BCUT2D eigenvalue weighted by atomic mass is 32.1. The average Bonchev–Trinajstić information content (AvgIpc) is 3.94. The Bertz CT molecular complexity index is 1830. The minimum absolute atomic E-state index is 0.139. The van der Waals surface area contributed by atoms with Crippen LogP contribution in [-0.4, -0.2) is 69.5 Å². The van der Waals surface area contributed by atoms with Crippen molar-refractivity contribution in [2.45, 2.75) is 32.7 Å². The van der Waals surface area contributed by atoms with Gasteiger partial charge in [0.1, 0.15) is 38.5 Å². The van der Waals surface area contributed by atoms with Gasteiger partial charge in [-0.2, -0.15) is 10.2 Å². The Morgan fingerprint density at radius 3 is 2.19 bits per heavy atom. The first-order chi connectivity index (χ1) is 23.1. The minimum atomic E-state index is -0.441. The van der Waals surface area contributed by atoms with E-state index in [1.165, 1.54) is 35.3 Å². The summed E-state index contributed by atoms with van der Waals surface area (Å²) in [5.74, 6) is -0.441. The van der Waals surface area contributed by atoms with Crippen LogP contribution in [0.2, 0.25) is 0 Å². The number of nitrogens with zero attached hydrogens (tertiary/aromatic N) is 9. The molecule has 2 aromatic carbocycles. The van der Waals surface area contributed by atoms with Crippen molar-refractivity contribution < 1.29 is 19.1 Å². The largest absolute Gasteiger partial charge is 0.456 e. The first kappa shape index (κ1) is 31.7. The van der Waals surface area contributed by atoms with Crippen LogP contribution in [-0.2, 0) is 35.8 Å². The topological polar surface area (TPSA) is 155 Å². The number of amides is 1. The lowest BCUT2D eigenvalue weighted by Gasteiger charge is -2.22. The van der Waals surface area contributed by atoms with Gasteiger partial charge in [0.15, 0.2) is 0 Å². The first-order valence-electron chi connectivity index (χ1n) is 14.6. The molecule has 0 unspecified atom stereocenters. The van der Waals surface area contributed by atoms with Gasteiger partial charge < -0.3 is 19.7 Å². The summed E-state index contributed by atoms with van der Waals surface area (Å²) in [4.78, 5) is 45.9. The molecule has 6 rings (SSSR count). The molecular weight excluding hydrogens is 641 g/mol. The Balaban J connectivity index is 1.03. The molecule has 4 heterocycles. The fourth-order valence-corrected chi connectivity index (χ4v) is 5.72. The zero-order valence-electron chi connectivity index (χ0n) is 25.1. The second-order valence-electron chi connectivity index (χ2n) is 10.2. The Hall–Kier alpha value is -5.32. The lowest BCUT2D eigenvalue weighted by molar-refractivity contribution is 0.0475. The van der Waals surface area contributed by atoms with Crippen LogP contribution in [0.1, 0.15) is 37.7 Å². The van der Waals surface area contributed by atoms with Crippen LogP contribution in [0, 0.1) is 0 Å². The molecule has 0 aliphatic heterocycles. The van der Waals surface area contributed by atoms with Gasteiger partial charge in [-0.05, 0) is 48.4 Å². The third-order valence-electron chi connectivity index (χ3n) is 6.99. The van der Waals surface area contributed by atoms with Gasteiger partial charge in [0.25, 0.3) is 0 Å². The Kier molecular flexibility index (Phi) is 10.6. The Morgan fingerprint density at radius 2 is 1.51 bits per heavy atom. The van der Waals surface area contributed by atoms with Gasteiger partial charge in [-0.1, -0.05) is 18.2 Å². The van der Waals surface area contributed by atoms with Gasteiger partial charge in [-0.25, -0.2) is 28.9 Å². The van der Waals surface area contributed by atoms with Crippen LogP contribution in [0.15, 0.2) is 91.2 Å². The lowest BCUT2D eigenvalue weighted by Crippen LogP contribution is -2.33. The van der Waals surface area contributed by atoms with Crippen LogP contribution in [0.4, 0.5) is 4.79 Å². The van der Waals surface area contributed by atoms with Crippen molar-refractivity contribution in [3.63, 3.8) is 0 Å². The maximum absolute atomic E-state index is 13.2. The number of hydrogen-bond acceptors (Lipinski definition) is 13. The molecule has 1 amide bonds. The fourth-order valence-electron chi connectivity index (χ4n) is 4.60. The summed E-state index contributed by atoms with van der Waals surface area (Å²) in [6.07, 6.45) is 9.78. The summed E-state index contributed by atoms with van der Waals surface area (Å²) in [7, 11) is 0. The van der Waals surface area contributed by atoms with E-state index in [1.807, 2.05) is 36.4 Å². The number of hydrogen-bond donors (Lipinski definition) is 1. The molecular formula is C31H30N10O4S2. The van der Waals surface area contributed by atoms with E-state index in [0.717, 1.165) is 26.6 Å².